The molecule has 0 radical (unpaired) electrons. The van der Waals surface area contributed by atoms with E-state index in [-0.39, 0.29) is 6.10 Å². The first-order chi connectivity index (χ1) is 9.26. The van der Waals surface area contributed by atoms with Crippen LogP contribution < -0.4 is 10.1 Å². The SMILES string of the molecule is CNCC(COC)Oc1ccc(Cl)c2cccnc12. The number of aromatic nitrogens is 1. The molecule has 1 unspecified atom stereocenters. The van der Waals surface area contributed by atoms with Gasteiger partial charge in [-0.2, -0.15) is 0 Å². The van der Waals surface area contributed by atoms with Gasteiger partial charge in [-0.1, -0.05) is 11.6 Å². The molecule has 19 heavy (non-hydrogen) atoms. The molecule has 5 heteroatoms. The van der Waals surface area contributed by atoms with Crippen molar-refractivity contribution in [3.63, 3.8) is 0 Å². The van der Waals surface area contributed by atoms with E-state index in [2.05, 4.69) is 10.3 Å². The van der Waals surface area contributed by atoms with Gasteiger partial charge in [-0.05, 0) is 31.3 Å². The van der Waals surface area contributed by atoms with Crippen LogP contribution in [0.1, 0.15) is 0 Å². The summed E-state index contributed by atoms with van der Waals surface area (Å²) in [5.41, 5.74) is 0.771. The summed E-state index contributed by atoms with van der Waals surface area (Å²) in [6.45, 7) is 1.21. The normalized spacial score (nSPS) is 12.6. The van der Waals surface area contributed by atoms with Crippen molar-refractivity contribution in [3.8, 4) is 5.75 Å². The van der Waals surface area contributed by atoms with Crippen LogP contribution in [0.4, 0.5) is 0 Å². The molecule has 2 rings (SSSR count). The van der Waals surface area contributed by atoms with Gasteiger partial charge in [0.2, 0.25) is 0 Å². The predicted molar refractivity (Wildman–Crippen MR) is 77.0 cm³/mol. The first-order valence-corrected chi connectivity index (χ1v) is 6.47. The number of nitrogens with one attached hydrogen (secondary N) is 1. The summed E-state index contributed by atoms with van der Waals surface area (Å²) in [5, 5.41) is 4.65. The van der Waals surface area contributed by atoms with Gasteiger partial charge in [-0.3, -0.25) is 4.98 Å². The fourth-order valence-electron chi connectivity index (χ4n) is 1.93. The van der Waals surface area contributed by atoms with Crippen molar-refractivity contribution in [1.29, 1.82) is 0 Å². The molecule has 0 amide bonds. The van der Waals surface area contributed by atoms with Crippen LogP contribution in [0, 0.1) is 0 Å². The van der Waals surface area contributed by atoms with Gasteiger partial charge in [0.15, 0.2) is 0 Å². The highest BCUT2D eigenvalue weighted by atomic mass is 35.5. The topological polar surface area (TPSA) is 43.4 Å². The van der Waals surface area contributed by atoms with Crippen LogP contribution in [0.5, 0.6) is 5.75 Å². The van der Waals surface area contributed by atoms with Crippen LogP contribution in [-0.2, 0) is 4.74 Å². The molecule has 0 aliphatic heterocycles. The van der Waals surface area contributed by atoms with Crippen LogP contribution in [0.3, 0.4) is 0 Å². The lowest BCUT2D eigenvalue weighted by molar-refractivity contribution is 0.0827. The molecular weight excluding hydrogens is 264 g/mol. The quantitative estimate of drug-likeness (QED) is 0.883. The van der Waals surface area contributed by atoms with E-state index in [0.717, 1.165) is 16.7 Å². The molecule has 0 saturated heterocycles. The maximum absolute atomic E-state index is 6.16. The molecule has 102 valence electrons. The van der Waals surface area contributed by atoms with Gasteiger partial charge in [0, 0.05) is 25.2 Å². The lowest BCUT2D eigenvalue weighted by atomic mass is 10.2. The van der Waals surface area contributed by atoms with E-state index >= 15 is 0 Å². The van der Waals surface area contributed by atoms with Crippen molar-refractivity contribution in [2.24, 2.45) is 0 Å². The Kier molecular flexibility index (Phi) is 4.96. The van der Waals surface area contributed by atoms with Gasteiger partial charge in [0.05, 0.1) is 11.6 Å². The van der Waals surface area contributed by atoms with E-state index in [1.54, 1.807) is 13.3 Å². The third-order valence-electron chi connectivity index (χ3n) is 2.76. The van der Waals surface area contributed by atoms with E-state index in [4.69, 9.17) is 21.1 Å². The standard InChI is InChI=1S/C14H17ClN2O2/c1-16-8-10(9-18-2)19-13-6-5-12(15)11-4-3-7-17-14(11)13/h3-7,10,16H,8-9H2,1-2H3. The molecule has 1 heterocycles. The molecule has 0 spiro atoms. The van der Waals surface area contributed by atoms with Gasteiger partial charge in [-0.15, -0.1) is 0 Å². The molecule has 0 bridgehead atoms. The second-order valence-corrected chi connectivity index (χ2v) is 4.61. The molecule has 0 saturated carbocycles. The third-order valence-corrected chi connectivity index (χ3v) is 3.09. The second-order valence-electron chi connectivity index (χ2n) is 4.20. The zero-order valence-electron chi connectivity index (χ0n) is 11.0. The summed E-state index contributed by atoms with van der Waals surface area (Å²) < 4.78 is 11.1. The molecule has 0 aliphatic carbocycles. The van der Waals surface area contributed by atoms with Crippen molar-refractivity contribution in [2.75, 3.05) is 27.3 Å². The Morgan fingerprint density at radius 1 is 1.37 bits per heavy atom. The largest absolute Gasteiger partial charge is 0.484 e. The predicted octanol–water partition coefficient (Wildman–Crippen LogP) is 2.50. The Hall–Kier alpha value is -1.36. The zero-order chi connectivity index (χ0) is 13.7. The number of likely N-dealkylation sites (N-methyl/N-ethyl adjacent to an activating group) is 1. The number of methoxy groups -OCH3 is 1. The number of halogens is 1. The van der Waals surface area contributed by atoms with Crippen LogP contribution in [0.2, 0.25) is 5.02 Å². The number of benzene rings is 1. The Labute approximate surface area is 117 Å². The first-order valence-electron chi connectivity index (χ1n) is 6.09. The summed E-state index contributed by atoms with van der Waals surface area (Å²) in [4.78, 5) is 4.34. The van der Waals surface area contributed by atoms with Crippen LogP contribution in [0.25, 0.3) is 10.9 Å². The van der Waals surface area contributed by atoms with E-state index < -0.39 is 0 Å². The monoisotopic (exact) mass is 280 g/mol. The van der Waals surface area contributed by atoms with Gasteiger partial charge < -0.3 is 14.8 Å². The van der Waals surface area contributed by atoms with Crippen LogP contribution >= 0.6 is 11.6 Å². The lowest BCUT2D eigenvalue weighted by Crippen LogP contribution is -2.33. The van der Waals surface area contributed by atoms with Crippen molar-refractivity contribution in [3.05, 3.63) is 35.5 Å². The molecule has 2 aromatic rings. The Bertz CT molecular complexity index is 542. The van der Waals surface area contributed by atoms with Gasteiger partial charge >= 0.3 is 0 Å². The Morgan fingerprint density at radius 2 is 2.21 bits per heavy atom. The number of hydrogen-bond acceptors (Lipinski definition) is 4. The summed E-state index contributed by atoms with van der Waals surface area (Å²) in [5.74, 6) is 0.720. The maximum Gasteiger partial charge on any atom is 0.146 e. The van der Waals surface area contributed by atoms with Gasteiger partial charge in [-0.25, -0.2) is 0 Å². The van der Waals surface area contributed by atoms with Gasteiger partial charge in [0.25, 0.3) is 0 Å². The van der Waals surface area contributed by atoms with E-state index in [9.17, 15) is 0 Å². The zero-order valence-corrected chi connectivity index (χ0v) is 11.8. The molecule has 0 aliphatic rings. The highest BCUT2D eigenvalue weighted by Gasteiger charge is 2.13. The number of rotatable bonds is 6. The second kappa shape index (κ2) is 6.70. The highest BCUT2D eigenvalue weighted by molar-refractivity contribution is 6.35. The minimum Gasteiger partial charge on any atom is -0.484 e. The lowest BCUT2D eigenvalue weighted by Gasteiger charge is -2.19. The van der Waals surface area contributed by atoms with E-state index in [1.807, 2.05) is 31.3 Å². The Balaban J connectivity index is 2.31. The molecule has 0 fully saturated rings. The van der Waals surface area contributed by atoms with E-state index in [1.165, 1.54) is 0 Å². The minimum absolute atomic E-state index is 0.0682. The van der Waals surface area contributed by atoms with Crippen molar-refractivity contribution >= 4 is 22.5 Å². The maximum atomic E-state index is 6.16. The number of fused-ring (bicyclic) bond motifs is 1. The summed E-state index contributed by atoms with van der Waals surface area (Å²) >= 11 is 6.16. The molecule has 1 atom stereocenters. The molecule has 4 nitrogen and oxygen atoms in total. The van der Waals surface area contributed by atoms with Crippen LogP contribution in [-0.4, -0.2) is 38.4 Å². The number of hydrogen-bond donors (Lipinski definition) is 1. The smallest absolute Gasteiger partial charge is 0.146 e. The fourth-order valence-corrected chi connectivity index (χ4v) is 2.15. The molecule has 1 aromatic heterocycles. The molecule has 1 N–H and O–H groups in total. The highest BCUT2D eigenvalue weighted by Crippen LogP contribution is 2.30. The summed E-state index contributed by atoms with van der Waals surface area (Å²) in [7, 11) is 3.54. The first kappa shape index (κ1) is 14.1. The van der Waals surface area contributed by atoms with Crippen molar-refractivity contribution in [1.82, 2.24) is 10.3 Å². The average molecular weight is 281 g/mol. The van der Waals surface area contributed by atoms with Crippen molar-refractivity contribution < 1.29 is 9.47 Å². The van der Waals surface area contributed by atoms with Crippen molar-refractivity contribution in [2.45, 2.75) is 6.10 Å². The van der Waals surface area contributed by atoms with Gasteiger partial charge in [0.1, 0.15) is 17.4 Å². The van der Waals surface area contributed by atoms with E-state index in [0.29, 0.717) is 18.2 Å². The molecule has 1 aromatic carbocycles. The molecular formula is C14H17ClN2O2. The fraction of sp³-hybridized carbons (Fsp3) is 0.357. The number of pyridine rings is 1. The summed E-state index contributed by atoms with van der Waals surface area (Å²) in [6, 6.07) is 7.46. The average Bonchev–Trinajstić information content (AvgIpc) is 2.43. The number of ether oxygens (including phenoxy) is 2. The van der Waals surface area contributed by atoms with Crippen LogP contribution in [0.15, 0.2) is 30.5 Å². The summed E-state index contributed by atoms with van der Waals surface area (Å²) in [6.07, 6.45) is 1.66. The number of nitrogens with zero attached hydrogens (tertiary/aromatic N) is 1. The third kappa shape index (κ3) is 3.35. The minimum atomic E-state index is -0.0682. The Morgan fingerprint density at radius 3 is 2.95 bits per heavy atom.